The molecule has 0 aromatic carbocycles. The first kappa shape index (κ1) is 27.8. The molecule has 4 nitrogen and oxygen atoms in total. The molecule has 0 radical (unpaired) electrons. The van der Waals surface area contributed by atoms with Gasteiger partial charge in [0.05, 0.1) is 23.8 Å². The maximum atomic E-state index is 4.93. The van der Waals surface area contributed by atoms with Gasteiger partial charge in [0.2, 0.25) is 0 Å². The molecule has 186 valence electrons. The summed E-state index contributed by atoms with van der Waals surface area (Å²) in [5.74, 6) is 2.65. The lowest BCUT2D eigenvalue weighted by molar-refractivity contribution is 0.384. The number of fused-ring (bicyclic) bond motifs is 2. The number of amidine groups is 2. The number of unbranched alkanes of at least 4 members (excludes halogenated alkanes) is 9. The van der Waals surface area contributed by atoms with Crippen LogP contribution in [0, 0.1) is 0 Å². The van der Waals surface area contributed by atoms with Crippen LogP contribution < -0.4 is 10.6 Å². The molecule has 2 fully saturated rings. The summed E-state index contributed by atoms with van der Waals surface area (Å²) < 4.78 is 0. The van der Waals surface area contributed by atoms with Crippen molar-refractivity contribution in [2.24, 2.45) is 9.98 Å². The van der Waals surface area contributed by atoms with Crippen LogP contribution in [0.2, 0.25) is 0 Å². The highest BCUT2D eigenvalue weighted by Gasteiger charge is 2.31. The molecule has 2 saturated carbocycles. The van der Waals surface area contributed by atoms with Gasteiger partial charge in [-0.3, -0.25) is 9.98 Å². The largest absolute Gasteiger partial charge is 0.369 e. The summed E-state index contributed by atoms with van der Waals surface area (Å²) in [4.78, 5) is 9.86. The molecule has 6 heteroatoms. The average Bonchev–Trinajstić information content (AvgIpc) is 3.37. The normalized spacial score (nSPS) is 28.2. The average molecular weight is 488 g/mol. The highest BCUT2D eigenvalue weighted by Crippen LogP contribution is 2.26. The second-order valence-corrected chi connectivity index (χ2v) is 10.4. The molecule has 32 heavy (non-hydrogen) atoms. The Labute approximate surface area is 209 Å². The number of rotatable bonds is 13. The van der Waals surface area contributed by atoms with Gasteiger partial charge in [-0.05, 0) is 38.5 Å². The van der Waals surface area contributed by atoms with Crippen molar-refractivity contribution in [1.29, 1.82) is 0 Å². The Morgan fingerprint density at radius 1 is 0.500 bits per heavy atom. The Bertz CT molecular complexity index is 530. The van der Waals surface area contributed by atoms with Gasteiger partial charge in [-0.25, -0.2) is 0 Å². The summed E-state index contributed by atoms with van der Waals surface area (Å²) in [7, 11) is 0. The maximum Gasteiger partial charge on any atom is 0.0970 e. The minimum Gasteiger partial charge on any atom is -0.369 e. The van der Waals surface area contributed by atoms with Crippen LogP contribution in [0.3, 0.4) is 0 Å². The summed E-state index contributed by atoms with van der Waals surface area (Å²) in [5.41, 5.74) is 0. The molecule has 4 unspecified atom stereocenters. The zero-order valence-corrected chi connectivity index (χ0v) is 21.8. The molecule has 0 amide bonds. The molecule has 4 rings (SSSR count). The summed E-state index contributed by atoms with van der Waals surface area (Å²) in [6.07, 6.45) is 27.2. The quantitative estimate of drug-likeness (QED) is 0.271. The van der Waals surface area contributed by atoms with E-state index in [9.17, 15) is 0 Å². The topological polar surface area (TPSA) is 48.8 Å². The van der Waals surface area contributed by atoms with E-state index in [1.165, 1.54) is 140 Å². The first-order valence-electron chi connectivity index (χ1n) is 13.5. The fourth-order valence-electron chi connectivity index (χ4n) is 6.04. The fraction of sp³-hybridized carbons (Fsp3) is 0.923. The van der Waals surface area contributed by atoms with E-state index in [-0.39, 0.29) is 24.8 Å². The Balaban J connectivity index is 0.00000181. The van der Waals surface area contributed by atoms with Crippen molar-refractivity contribution in [2.45, 2.75) is 153 Å². The van der Waals surface area contributed by atoms with Gasteiger partial charge < -0.3 is 10.6 Å². The molecular formula is C26H48Cl2N4. The SMILES string of the molecule is C(CCCCCCC1=NC2CCCCC2N1)CCCCCC1=NC2CCCCC2N1.Cl.Cl. The van der Waals surface area contributed by atoms with Crippen LogP contribution in [0.15, 0.2) is 9.98 Å². The number of nitrogens with zero attached hydrogens (tertiary/aromatic N) is 2. The summed E-state index contributed by atoms with van der Waals surface area (Å²) >= 11 is 0. The van der Waals surface area contributed by atoms with Crippen LogP contribution >= 0.6 is 24.8 Å². The van der Waals surface area contributed by atoms with Crippen LogP contribution in [0.5, 0.6) is 0 Å². The Morgan fingerprint density at radius 3 is 1.22 bits per heavy atom. The van der Waals surface area contributed by atoms with Crippen molar-refractivity contribution in [1.82, 2.24) is 10.6 Å². The second-order valence-electron chi connectivity index (χ2n) is 10.4. The van der Waals surface area contributed by atoms with Crippen molar-refractivity contribution in [3.63, 3.8) is 0 Å². The molecule has 2 N–H and O–H groups in total. The Hall–Kier alpha value is -0.480. The number of nitrogens with one attached hydrogen (secondary N) is 2. The minimum atomic E-state index is 0. The predicted molar refractivity (Wildman–Crippen MR) is 143 cm³/mol. The molecule has 4 aliphatic rings. The van der Waals surface area contributed by atoms with Crippen LogP contribution in [0.1, 0.15) is 128 Å². The van der Waals surface area contributed by atoms with Crippen LogP contribution in [0.4, 0.5) is 0 Å². The van der Waals surface area contributed by atoms with Gasteiger partial charge in [-0.1, -0.05) is 77.0 Å². The van der Waals surface area contributed by atoms with Gasteiger partial charge in [0.25, 0.3) is 0 Å². The van der Waals surface area contributed by atoms with E-state index >= 15 is 0 Å². The van der Waals surface area contributed by atoms with Crippen molar-refractivity contribution in [2.75, 3.05) is 0 Å². The lowest BCUT2D eigenvalue weighted by atomic mass is 9.92. The van der Waals surface area contributed by atoms with Gasteiger partial charge in [0.1, 0.15) is 0 Å². The van der Waals surface area contributed by atoms with E-state index in [0.717, 1.165) is 0 Å². The van der Waals surface area contributed by atoms with Crippen molar-refractivity contribution in [3.8, 4) is 0 Å². The zero-order valence-electron chi connectivity index (χ0n) is 20.2. The van der Waals surface area contributed by atoms with Gasteiger partial charge in [-0.15, -0.1) is 24.8 Å². The van der Waals surface area contributed by atoms with E-state index in [1.807, 2.05) is 0 Å². The molecular weight excluding hydrogens is 439 g/mol. The zero-order chi connectivity index (χ0) is 20.4. The van der Waals surface area contributed by atoms with E-state index < -0.39 is 0 Å². The van der Waals surface area contributed by atoms with Gasteiger partial charge in [-0.2, -0.15) is 0 Å². The highest BCUT2D eigenvalue weighted by molar-refractivity contribution is 5.86. The molecule has 0 aromatic heterocycles. The highest BCUT2D eigenvalue weighted by atomic mass is 35.5. The second kappa shape index (κ2) is 15.4. The number of hydrogen-bond acceptors (Lipinski definition) is 4. The molecule has 0 saturated heterocycles. The van der Waals surface area contributed by atoms with Crippen molar-refractivity contribution < 1.29 is 0 Å². The number of hydrogen-bond donors (Lipinski definition) is 2. The summed E-state index contributed by atoms with van der Waals surface area (Å²) in [6, 6.07) is 2.58. The number of aliphatic imine (C=N–C) groups is 2. The van der Waals surface area contributed by atoms with Crippen LogP contribution in [-0.2, 0) is 0 Å². The van der Waals surface area contributed by atoms with Gasteiger partial charge >= 0.3 is 0 Å². The van der Waals surface area contributed by atoms with Gasteiger partial charge in [0.15, 0.2) is 0 Å². The van der Waals surface area contributed by atoms with E-state index in [2.05, 4.69) is 10.6 Å². The van der Waals surface area contributed by atoms with Crippen molar-refractivity contribution in [3.05, 3.63) is 0 Å². The smallest absolute Gasteiger partial charge is 0.0970 e. The monoisotopic (exact) mass is 486 g/mol. The van der Waals surface area contributed by atoms with Crippen LogP contribution in [-0.4, -0.2) is 35.8 Å². The lowest BCUT2D eigenvalue weighted by Crippen LogP contribution is -2.36. The van der Waals surface area contributed by atoms with Crippen molar-refractivity contribution >= 4 is 36.5 Å². The molecule has 0 bridgehead atoms. The molecule has 2 aliphatic carbocycles. The summed E-state index contributed by atoms with van der Waals surface area (Å²) in [5, 5.41) is 7.40. The molecule has 2 aliphatic heterocycles. The maximum absolute atomic E-state index is 4.93. The first-order valence-corrected chi connectivity index (χ1v) is 13.5. The minimum absolute atomic E-state index is 0. The van der Waals surface area contributed by atoms with Crippen LogP contribution in [0.25, 0.3) is 0 Å². The lowest BCUT2D eigenvalue weighted by Gasteiger charge is -2.23. The standard InChI is InChI=1S/C26H46N4.2ClH/c1(3-5-7-9-19-25-27-21-15-11-12-16-22(21)28-25)2-4-6-8-10-20-26-29-23-17-13-14-18-24(23)30-26;;/h21-24H,1-20H2,(H,27,28)(H,29,30);2*1H. The predicted octanol–water partition coefficient (Wildman–Crippen LogP) is 7.14. The molecule has 0 spiro atoms. The van der Waals surface area contributed by atoms with E-state index in [4.69, 9.17) is 9.98 Å². The fourth-order valence-corrected chi connectivity index (χ4v) is 6.04. The Morgan fingerprint density at radius 2 is 0.844 bits per heavy atom. The Kier molecular flexibility index (Phi) is 13.4. The molecule has 4 atom stereocenters. The third-order valence-corrected chi connectivity index (χ3v) is 7.88. The van der Waals surface area contributed by atoms with E-state index in [1.54, 1.807) is 0 Å². The molecule has 0 aromatic rings. The first-order chi connectivity index (χ1) is 14.9. The summed E-state index contributed by atoms with van der Waals surface area (Å²) in [6.45, 7) is 0. The van der Waals surface area contributed by atoms with E-state index in [0.29, 0.717) is 24.2 Å². The number of halogens is 2. The third-order valence-electron chi connectivity index (χ3n) is 7.88. The third kappa shape index (κ3) is 8.70. The molecule has 2 heterocycles. The van der Waals surface area contributed by atoms with Gasteiger partial charge in [0, 0.05) is 24.9 Å².